The number of hydrogen-bond donors (Lipinski definition) is 0. The molecule has 0 aromatic heterocycles. The molecule has 0 spiro atoms. The highest BCUT2D eigenvalue weighted by Crippen LogP contribution is 2.34. The quantitative estimate of drug-likeness (QED) is 0.709. The monoisotopic (exact) mass is 208 g/mol. The molecule has 0 radical (unpaired) electrons. The fourth-order valence-corrected chi connectivity index (χ4v) is 2.61. The lowest BCUT2D eigenvalue weighted by molar-refractivity contribution is 0.0936. The van der Waals surface area contributed by atoms with E-state index in [-0.39, 0.29) is 11.7 Å². The molecule has 1 aromatic rings. The van der Waals surface area contributed by atoms with Crippen LogP contribution in [0.15, 0.2) is 23.1 Å². The third kappa shape index (κ3) is 1.52. The molecule has 1 aromatic carbocycles. The molecular weight excluding hydrogens is 196 g/mol. The molecule has 3 heteroatoms. The number of carbonyl (C=O) groups excluding carboxylic acids is 1. The SMILES string of the molecule is COc1ccc2c(c1)SCC(C)C2=O. The van der Waals surface area contributed by atoms with Crippen LogP contribution in [0, 0.1) is 5.92 Å². The average Bonchev–Trinajstić information content (AvgIpc) is 2.23. The van der Waals surface area contributed by atoms with Crippen molar-refractivity contribution in [3.63, 3.8) is 0 Å². The van der Waals surface area contributed by atoms with E-state index in [1.165, 1.54) is 0 Å². The van der Waals surface area contributed by atoms with Crippen LogP contribution in [0.4, 0.5) is 0 Å². The van der Waals surface area contributed by atoms with Crippen LogP contribution in [0.3, 0.4) is 0 Å². The van der Waals surface area contributed by atoms with Crippen molar-refractivity contribution in [3.8, 4) is 5.75 Å². The van der Waals surface area contributed by atoms with Crippen LogP contribution in [0.1, 0.15) is 17.3 Å². The van der Waals surface area contributed by atoms with Gasteiger partial charge in [-0.2, -0.15) is 0 Å². The van der Waals surface area contributed by atoms with Gasteiger partial charge in [0, 0.05) is 22.1 Å². The van der Waals surface area contributed by atoms with Crippen LogP contribution < -0.4 is 4.74 Å². The number of carbonyl (C=O) groups is 1. The Balaban J connectivity index is 2.44. The second-order valence-electron chi connectivity index (χ2n) is 3.44. The maximum Gasteiger partial charge on any atom is 0.167 e. The maximum absolute atomic E-state index is 11.8. The number of benzene rings is 1. The van der Waals surface area contributed by atoms with Gasteiger partial charge < -0.3 is 4.74 Å². The van der Waals surface area contributed by atoms with E-state index in [1.54, 1.807) is 18.9 Å². The first kappa shape index (κ1) is 9.59. The summed E-state index contributed by atoms with van der Waals surface area (Å²) < 4.78 is 5.12. The Labute approximate surface area is 87.6 Å². The molecule has 0 aliphatic carbocycles. The first-order valence-corrected chi connectivity index (χ1v) is 5.56. The molecular formula is C11H12O2S. The molecule has 0 fully saturated rings. The highest BCUT2D eigenvalue weighted by Gasteiger charge is 2.24. The molecule has 1 aliphatic rings. The maximum atomic E-state index is 11.8. The first-order chi connectivity index (χ1) is 6.72. The molecule has 1 aliphatic heterocycles. The standard InChI is InChI=1S/C11H12O2S/c1-7-6-14-10-5-8(13-2)3-4-9(10)11(7)12/h3-5,7H,6H2,1-2H3. The summed E-state index contributed by atoms with van der Waals surface area (Å²) in [5.74, 6) is 2.08. The normalized spacial score (nSPS) is 20.4. The predicted molar refractivity (Wildman–Crippen MR) is 57.2 cm³/mol. The molecule has 14 heavy (non-hydrogen) atoms. The number of fused-ring (bicyclic) bond motifs is 1. The summed E-state index contributed by atoms with van der Waals surface area (Å²) in [6, 6.07) is 5.64. The zero-order chi connectivity index (χ0) is 10.1. The van der Waals surface area contributed by atoms with E-state index in [0.717, 1.165) is 22.0 Å². The van der Waals surface area contributed by atoms with Gasteiger partial charge in [0.2, 0.25) is 0 Å². The van der Waals surface area contributed by atoms with E-state index in [2.05, 4.69) is 0 Å². The van der Waals surface area contributed by atoms with Gasteiger partial charge in [-0.15, -0.1) is 11.8 Å². The summed E-state index contributed by atoms with van der Waals surface area (Å²) in [6.45, 7) is 1.97. The fourth-order valence-electron chi connectivity index (χ4n) is 1.51. The summed E-state index contributed by atoms with van der Waals surface area (Å²) in [4.78, 5) is 12.8. The molecule has 1 unspecified atom stereocenters. The summed E-state index contributed by atoms with van der Waals surface area (Å²) in [5.41, 5.74) is 0.842. The van der Waals surface area contributed by atoms with Gasteiger partial charge in [-0.3, -0.25) is 4.79 Å². The third-order valence-corrected chi connectivity index (χ3v) is 3.71. The fraction of sp³-hybridized carbons (Fsp3) is 0.364. The molecule has 1 heterocycles. The smallest absolute Gasteiger partial charge is 0.167 e. The van der Waals surface area contributed by atoms with Crippen LogP contribution >= 0.6 is 11.8 Å². The number of methoxy groups -OCH3 is 1. The second kappa shape index (κ2) is 3.65. The summed E-state index contributed by atoms with van der Waals surface area (Å²) in [7, 11) is 1.64. The lowest BCUT2D eigenvalue weighted by Crippen LogP contribution is -2.18. The minimum atomic E-state index is 0.140. The largest absolute Gasteiger partial charge is 0.497 e. The van der Waals surface area contributed by atoms with Crippen LogP contribution in [0.2, 0.25) is 0 Å². The van der Waals surface area contributed by atoms with Gasteiger partial charge in [0.25, 0.3) is 0 Å². The number of thioether (sulfide) groups is 1. The van der Waals surface area contributed by atoms with Crippen LogP contribution in [0.5, 0.6) is 5.75 Å². The van der Waals surface area contributed by atoms with Crippen LogP contribution in [0.25, 0.3) is 0 Å². The molecule has 0 amide bonds. The highest BCUT2D eigenvalue weighted by molar-refractivity contribution is 7.99. The minimum absolute atomic E-state index is 0.140. The Morgan fingerprint density at radius 3 is 3.00 bits per heavy atom. The van der Waals surface area contributed by atoms with Crippen LogP contribution in [-0.2, 0) is 0 Å². The van der Waals surface area contributed by atoms with Crippen molar-refractivity contribution in [1.29, 1.82) is 0 Å². The lowest BCUT2D eigenvalue weighted by atomic mass is 10.0. The van der Waals surface area contributed by atoms with Crippen molar-refractivity contribution in [2.45, 2.75) is 11.8 Å². The van der Waals surface area contributed by atoms with E-state index in [9.17, 15) is 4.79 Å². The van der Waals surface area contributed by atoms with E-state index in [0.29, 0.717) is 0 Å². The second-order valence-corrected chi connectivity index (χ2v) is 4.50. The Morgan fingerprint density at radius 2 is 2.29 bits per heavy atom. The van der Waals surface area contributed by atoms with Gasteiger partial charge >= 0.3 is 0 Å². The average molecular weight is 208 g/mol. The van der Waals surface area contributed by atoms with Crippen molar-refractivity contribution in [2.75, 3.05) is 12.9 Å². The Bertz CT molecular complexity index is 374. The molecule has 74 valence electrons. The molecule has 0 saturated carbocycles. The van der Waals surface area contributed by atoms with Crippen molar-refractivity contribution >= 4 is 17.5 Å². The van der Waals surface area contributed by atoms with E-state index >= 15 is 0 Å². The van der Waals surface area contributed by atoms with Gasteiger partial charge in [-0.25, -0.2) is 0 Å². The minimum Gasteiger partial charge on any atom is -0.497 e. The predicted octanol–water partition coefficient (Wildman–Crippen LogP) is 2.62. The lowest BCUT2D eigenvalue weighted by Gasteiger charge is -2.19. The number of ketones is 1. The van der Waals surface area contributed by atoms with E-state index in [1.807, 2.05) is 25.1 Å². The molecule has 0 bridgehead atoms. The van der Waals surface area contributed by atoms with Gasteiger partial charge in [-0.05, 0) is 18.2 Å². The van der Waals surface area contributed by atoms with Gasteiger partial charge in [0.15, 0.2) is 5.78 Å². The van der Waals surface area contributed by atoms with Gasteiger partial charge in [-0.1, -0.05) is 6.92 Å². The Morgan fingerprint density at radius 1 is 1.50 bits per heavy atom. The number of rotatable bonds is 1. The summed E-state index contributed by atoms with van der Waals surface area (Å²) in [5, 5.41) is 0. The van der Waals surface area contributed by atoms with Crippen molar-refractivity contribution in [2.24, 2.45) is 5.92 Å². The Kier molecular flexibility index (Phi) is 2.50. The van der Waals surface area contributed by atoms with Crippen molar-refractivity contribution in [1.82, 2.24) is 0 Å². The third-order valence-electron chi connectivity index (χ3n) is 2.39. The molecule has 2 nitrogen and oxygen atoms in total. The van der Waals surface area contributed by atoms with E-state index < -0.39 is 0 Å². The topological polar surface area (TPSA) is 26.3 Å². The van der Waals surface area contributed by atoms with E-state index in [4.69, 9.17) is 4.74 Å². The van der Waals surface area contributed by atoms with Gasteiger partial charge in [0.05, 0.1) is 7.11 Å². The first-order valence-electron chi connectivity index (χ1n) is 4.57. The van der Waals surface area contributed by atoms with Crippen LogP contribution in [-0.4, -0.2) is 18.6 Å². The zero-order valence-electron chi connectivity index (χ0n) is 8.24. The molecule has 1 atom stereocenters. The zero-order valence-corrected chi connectivity index (χ0v) is 9.06. The molecule has 2 rings (SSSR count). The van der Waals surface area contributed by atoms with Crippen molar-refractivity contribution in [3.05, 3.63) is 23.8 Å². The van der Waals surface area contributed by atoms with Gasteiger partial charge in [0.1, 0.15) is 5.75 Å². The summed E-state index contributed by atoms with van der Waals surface area (Å²) in [6.07, 6.45) is 0. The molecule has 0 saturated heterocycles. The Hall–Kier alpha value is -0.960. The van der Waals surface area contributed by atoms with Crippen molar-refractivity contribution < 1.29 is 9.53 Å². The summed E-state index contributed by atoms with van der Waals surface area (Å²) >= 11 is 1.73. The highest BCUT2D eigenvalue weighted by atomic mass is 32.2. The number of hydrogen-bond acceptors (Lipinski definition) is 3. The molecule has 0 N–H and O–H groups in total. The number of Topliss-reactive ketones (excluding diaryl/α,β-unsaturated/α-hetero) is 1. The number of ether oxygens (including phenoxy) is 1.